The molecule has 3 nitrogen and oxygen atoms in total. The molecule has 4 heteroatoms. The number of H-pyrrole nitrogens is 1. The molecule has 0 amide bonds. The zero-order valence-corrected chi connectivity index (χ0v) is 12.0. The van der Waals surface area contributed by atoms with Gasteiger partial charge in [-0.3, -0.25) is 0 Å². The monoisotopic (exact) mass is 257 g/mol. The van der Waals surface area contributed by atoms with Gasteiger partial charge in [-0.25, -0.2) is 0 Å². The molecule has 0 bridgehead atoms. The predicted molar refractivity (Wildman–Crippen MR) is 78.1 cm³/mol. The molecule has 1 aromatic carbocycles. The van der Waals surface area contributed by atoms with Gasteiger partial charge in [0.05, 0.1) is 11.2 Å². The van der Waals surface area contributed by atoms with Gasteiger partial charge in [-0.05, 0) is 50.8 Å². The molecule has 2 heterocycles. The van der Waals surface area contributed by atoms with E-state index in [4.69, 9.17) is 9.31 Å². The van der Waals surface area contributed by atoms with Gasteiger partial charge < -0.3 is 14.3 Å². The van der Waals surface area contributed by atoms with E-state index in [9.17, 15) is 0 Å². The number of aromatic amines is 1. The fraction of sp³-hybridized carbons (Fsp3) is 0.467. The first-order chi connectivity index (χ1) is 8.87. The molecule has 0 spiro atoms. The smallest absolute Gasteiger partial charge is 0.403 e. The quantitative estimate of drug-likeness (QED) is 0.837. The number of hydrogen-bond acceptors (Lipinski definition) is 2. The number of benzene rings is 1. The Morgan fingerprint density at radius 2 is 1.74 bits per heavy atom. The molecule has 1 aliphatic heterocycles. The minimum absolute atomic E-state index is 0.165. The van der Waals surface area contributed by atoms with Gasteiger partial charge in [0.1, 0.15) is 0 Å². The minimum atomic E-state index is -0.254. The van der Waals surface area contributed by atoms with Crippen LogP contribution < -0.4 is 0 Å². The molecular formula is C15H20BNO2. The molecule has 19 heavy (non-hydrogen) atoms. The highest BCUT2D eigenvalue weighted by molar-refractivity contribution is 6.45. The summed E-state index contributed by atoms with van der Waals surface area (Å²) in [5, 5.41) is 1.23. The molecule has 0 atom stereocenters. The van der Waals surface area contributed by atoms with Crippen LogP contribution in [0.4, 0.5) is 0 Å². The van der Waals surface area contributed by atoms with Crippen LogP contribution in [0.15, 0.2) is 30.5 Å². The maximum atomic E-state index is 6.03. The second-order valence-corrected chi connectivity index (χ2v) is 6.29. The van der Waals surface area contributed by atoms with Crippen molar-refractivity contribution in [1.29, 1.82) is 0 Å². The van der Waals surface area contributed by atoms with Gasteiger partial charge in [-0.15, -0.1) is 0 Å². The van der Waals surface area contributed by atoms with Crippen molar-refractivity contribution in [2.24, 2.45) is 0 Å². The number of rotatable bonds is 2. The maximum absolute atomic E-state index is 6.03. The van der Waals surface area contributed by atoms with Gasteiger partial charge in [0.25, 0.3) is 0 Å². The van der Waals surface area contributed by atoms with Crippen LogP contribution in [0.1, 0.15) is 33.3 Å². The Kier molecular flexibility index (Phi) is 2.77. The second-order valence-electron chi connectivity index (χ2n) is 6.29. The molecule has 2 aromatic rings. The van der Waals surface area contributed by atoms with Crippen molar-refractivity contribution < 1.29 is 9.31 Å². The molecular weight excluding hydrogens is 237 g/mol. The van der Waals surface area contributed by atoms with E-state index in [1.54, 1.807) is 0 Å². The van der Waals surface area contributed by atoms with E-state index < -0.39 is 0 Å². The maximum Gasteiger partial charge on any atom is 0.462 e. The number of nitrogens with one attached hydrogen (secondary N) is 1. The summed E-state index contributed by atoms with van der Waals surface area (Å²) < 4.78 is 12.1. The van der Waals surface area contributed by atoms with Gasteiger partial charge in [-0.2, -0.15) is 0 Å². The molecule has 1 N–H and O–H groups in total. The standard InChI is InChI=1S/C15H20BNO2/c1-14(2)15(3,4)19-16(18-14)10-11-5-6-13-12(9-11)7-8-17-13/h5-9,17H,10H2,1-4H3. The summed E-state index contributed by atoms with van der Waals surface area (Å²) in [6.07, 6.45) is 2.75. The Labute approximate surface area is 114 Å². The average Bonchev–Trinajstić information content (AvgIpc) is 2.81. The van der Waals surface area contributed by atoms with E-state index in [2.05, 4.69) is 56.9 Å². The van der Waals surface area contributed by atoms with Crippen LogP contribution in [0.25, 0.3) is 10.9 Å². The molecule has 0 saturated carbocycles. The topological polar surface area (TPSA) is 34.2 Å². The summed E-state index contributed by atoms with van der Waals surface area (Å²) in [7, 11) is -0.165. The Hall–Kier alpha value is -1.26. The molecule has 100 valence electrons. The van der Waals surface area contributed by atoms with Crippen molar-refractivity contribution in [3.8, 4) is 0 Å². The van der Waals surface area contributed by atoms with E-state index in [-0.39, 0.29) is 18.3 Å². The van der Waals surface area contributed by atoms with Crippen LogP contribution in [0.2, 0.25) is 0 Å². The first-order valence-electron chi connectivity index (χ1n) is 6.79. The third kappa shape index (κ3) is 2.19. The second kappa shape index (κ2) is 4.12. The Balaban J connectivity index is 1.79. The summed E-state index contributed by atoms with van der Waals surface area (Å²) in [6.45, 7) is 8.34. The summed E-state index contributed by atoms with van der Waals surface area (Å²) in [5.74, 6) is 0. The highest BCUT2D eigenvalue weighted by Crippen LogP contribution is 2.37. The molecule has 3 rings (SSSR count). The van der Waals surface area contributed by atoms with E-state index in [1.165, 1.54) is 10.9 Å². The molecule has 1 aromatic heterocycles. The number of hydrogen-bond donors (Lipinski definition) is 1. The van der Waals surface area contributed by atoms with Crippen molar-refractivity contribution in [2.45, 2.75) is 45.2 Å². The van der Waals surface area contributed by atoms with Gasteiger partial charge in [0, 0.05) is 18.0 Å². The lowest BCUT2D eigenvalue weighted by Gasteiger charge is -2.32. The van der Waals surface area contributed by atoms with Crippen LogP contribution in [0.3, 0.4) is 0 Å². The molecule has 1 fully saturated rings. The van der Waals surface area contributed by atoms with E-state index in [1.807, 2.05) is 6.20 Å². The average molecular weight is 257 g/mol. The highest BCUT2D eigenvalue weighted by atomic mass is 16.7. The van der Waals surface area contributed by atoms with Crippen molar-refractivity contribution >= 4 is 18.0 Å². The zero-order chi connectivity index (χ0) is 13.7. The van der Waals surface area contributed by atoms with E-state index in [0.29, 0.717) is 0 Å². The minimum Gasteiger partial charge on any atom is -0.403 e. The van der Waals surface area contributed by atoms with E-state index in [0.717, 1.165) is 11.8 Å². The number of aromatic nitrogens is 1. The zero-order valence-electron chi connectivity index (χ0n) is 12.0. The largest absolute Gasteiger partial charge is 0.462 e. The van der Waals surface area contributed by atoms with Crippen LogP contribution in [-0.4, -0.2) is 23.3 Å². The lowest BCUT2D eigenvalue weighted by Crippen LogP contribution is -2.41. The lowest BCUT2D eigenvalue weighted by atomic mass is 9.80. The van der Waals surface area contributed by atoms with Crippen molar-refractivity contribution in [3.05, 3.63) is 36.0 Å². The third-order valence-corrected chi connectivity index (χ3v) is 4.32. The van der Waals surface area contributed by atoms with Crippen LogP contribution in [0.5, 0.6) is 0 Å². The van der Waals surface area contributed by atoms with Gasteiger partial charge in [0.15, 0.2) is 0 Å². The Morgan fingerprint density at radius 3 is 2.42 bits per heavy atom. The molecule has 1 saturated heterocycles. The Bertz CT molecular complexity index is 587. The fourth-order valence-electron chi connectivity index (χ4n) is 2.47. The molecule has 1 aliphatic rings. The number of fused-ring (bicyclic) bond motifs is 1. The first kappa shape index (κ1) is 12.8. The SMILES string of the molecule is CC1(C)OB(Cc2ccc3[nH]ccc3c2)OC1(C)C. The molecule has 0 radical (unpaired) electrons. The predicted octanol–water partition coefficient (Wildman–Crippen LogP) is 3.34. The van der Waals surface area contributed by atoms with Crippen LogP contribution in [-0.2, 0) is 15.6 Å². The summed E-state index contributed by atoms with van der Waals surface area (Å²) >= 11 is 0. The van der Waals surface area contributed by atoms with Crippen molar-refractivity contribution in [2.75, 3.05) is 0 Å². The van der Waals surface area contributed by atoms with Crippen molar-refractivity contribution in [3.63, 3.8) is 0 Å². The first-order valence-corrected chi connectivity index (χ1v) is 6.79. The highest BCUT2D eigenvalue weighted by Gasteiger charge is 2.50. The third-order valence-electron chi connectivity index (χ3n) is 4.32. The van der Waals surface area contributed by atoms with Crippen LogP contribution in [0, 0.1) is 0 Å². The summed E-state index contributed by atoms with van der Waals surface area (Å²) in [4.78, 5) is 3.20. The van der Waals surface area contributed by atoms with Gasteiger partial charge >= 0.3 is 7.12 Å². The summed E-state index contributed by atoms with van der Waals surface area (Å²) in [5.41, 5.74) is 1.90. The fourth-order valence-corrected chi connectivity index (χ4v) is 2.47. The van der Waals surface area contributed by atoms with Crippen molar-refractivity contribution in [1.82, 2.24) is 4.98 Å². The van der Waals surface area contributed by atoms with E-state index >= 15 is 0 Å². The molecule has 0 unspecified atom stereocenters. The van der Waals surface area contributed by atoms with Gasteiger partial charge in [-0.1, -0.05) is 12.1 Å². The summed E-state index contributed by atoms with van der Waals surface area (Å²) in [6, 6.07) is 8.51. The van der Waals surface area contributed by atoms with Gasteiger partial charge in [0.2, 0.25) is 0 Å². The molecule has 0 aliphatic carbocycles. The normalized spacial score (nSPS) is 21.2. The lowest BCUT2D eigenvalue weighted by molar-refractivity contribution is 0.00578. The Morgan fingerprint density at radius 1 is 1.05 bits per heavy atom. The van der Waals surface area contributed by atoms with Crippen LogP contribution >= 0.6 is 0 Å².